The highest BCUT2D eigenvalue weighted by molar-refractivity contribution is 7.80. The first kappa shape index (κ1) is 12.7. The van der Waals surface area contributed by atoms with Gasteiger partial charge in [0.2, 0.25) is 5.91 Å². The number of carbonyl (C=O) groups is 1. The zero-order valence-electron chi connectivity index (χ0n) is 7.91. The van der Waals surface area contributed by atoms with Crippen LogP contribution in [0.4, 0.5) is 0 Å². The lowest BCUT2D eigenvalue weighted by Gasteiger charge is -2.04. The first-order valence-corrected chi connectivity index (χ1v) is 4.88. The van der Waals surface area contributed by atoms with Crippen molar-refractivity contribution in [3.05, 3.63) is 0 Å². The second-order valence-corrected chi connectivity index (χ2v) is 2.92. The van der Waals surface area contributed by atoms with Crippen LogP contribution in [-0.2, 0) is 14.3 Å². The van der Waals surface area contributed by atoms with Crippen molar-refractivity contribution < 1.29 is 14.3 Å². The van der Waals surface area contributed by atoms with Crippen LogP contribution >= 0.6 is 12.6 Å². The van der Waals surface area contributed by atoms with Crippen molar-refractivity contribution in [1.82, 2.24) is 5.32 Å². The summed E-state index contributed by atoms with van der Waals surface area (Å²) in [7, 11) is 1.49. The SMILES string of the molecule is COCC(=O)NCCOCCCS. The Morgan fingerprint density at radius 1 is 1.46 bits per heavy atom. The molecule has 0 aliphatic rings. The fourth-order valence-electron chi connectivity index (χ4n) is 0.713. The molecule has 0 rings (SSSR count). The molecule has 0 aliphatic heterocycles. The van der Waals surface area contributed by atoms with Gasteiger partial charge in [-0.3, -0.25) is 4.79 Å². The van der Waals surface area contributed by atoms with E-state index in [1.54, 1.807) is 0 Å². The smallest absolute Gasteiger partial charge is 0.246 e. The van der Waals surface area contributed by atoms with Gasteiger partial charge in [-0.05, 0) is 12.2 Å². The van der Waals surface area contributed by atoms with E-state index in [0.29, 0.717) is 19.8 Å². The quantitative estimate of drug-likeness (QED) is 0.438. The van der Waals surface area contributed by atoms with E-state index in [0.717, 1.165) is 12.2 Å². The number of amides is 1. The molecular formula is C8H17NO3S. The standard InChI is InChI=1S/C8H17NO3S/c1-11-7-8(10)9-3-5-12-4-2-6-13/h13H,2-7H2,1H3,(H,9,10). The molecule has 13 heavy (non-hydrogen) atoms. The monoisotopic (exact) mass is 207 g/mol. The predicted octanol–water partition coefficient (Wildman–Crippen LogP) is 0.0855. The van der Waals surface area contributed by atoms with Crippen molar-refractivity contribution >= 4 is 18.5 Å². The Morgan fingerprint density at radius 2 is 2.23 bits per heavy atom. The van der Waals surface area contributed by atoms with Gasteiger partial charge in [-0.2, -0.15) is 12.6 Å². The molecule has 0 aromatic heterocycles. The third-order valence-corrected chi connectivity index (χ3v) is 1.61. The van der Waals surface area contributed by atoms with Gasteiger partial charge in [-0.1, -0.05) is 0 Å². The van der Waals surface area contributed by atoms with E-state index in [1.165, 1.54) is 7.11 Å². The molecule has 1 amide bonds. The van der Waals surface area contributed by atoms with Gasteiger partial charge in [0.1, 0.15) is 6.61 Å². The Labute approximate surface area is 84.4 Å². The average Bonchev–Trinajstić information content (AvgIpc) is 2.11. The van der Waals surface area contributed by atoms with Crippen LogP contribution in [0.2, 0.25) is 0 Å². The summed E-state index contributed by atoms with van der Waals surface area (Å²) in [5.41, 5.74) is 0. The second kappa shape index (κ2) is 9.83. The van der Waals surface area contributed by atoms with Crippen LogP contribution in [-0.4, -0.2) is 45.1 Å². The summed E-state index contributed by atoms with van der Waals surface area (Å²) < 4.78 is 9.83. The summed E-state index contributed by atoms with van der Waals surface area (Å²) in [4.78, 5) is 10.8. The molecule has 0 bridgehead atoms. The van der Waals surface area contributed by atoms with E-state index in [-0.39, 0.29) is 12.5 Å². The first-order chi connectivity index (χ1) is 6.31. The van der Waals surface area contributed by atoms with E-state index >= 15 is 0 Å². The van der Waals surface area contributed by atoms with E-state index < -0.39 is 0 Å². The molecule has 0 fully saturated rings. The molecule has 0 atom stereocenters. The molecule has 0 saturated carbocycles. The van der Waals surface area contributed by atoms with Crippen LogP contribution in [0.25, 0.3) is 0 Å². The molecule has 0 heterocycles. The van der Waals surface area contributed by atoms with E-state index in [9.17, 15) is 4.79 Å². The van der Waals surface area contributed by atoms with Gasteiger partial charge < -0.3 is 14.8 Å². The van der Waals surface area contributed by atoms with Gasteiger partial charge in [-0.25, -0.2) is 0 Å². The largest absolute Gasteiger partial charge is 0.380 e. The van der Waals surface area contributed by atoms with Crippen molar-refractivity contribution in [3.63, 3.8) is 0 Å². The van der Waals surface area contributed by atoms with E-state index in [1.807, 2.05) is 0 Å². The van der Waals surface area contributed by atoms with E-state index in [2.05, 4.69) is 22.7 Å². The Balaban J connectivity index is 3.02. The van der Waals surface area contributed by atoms with Gasteiger partial charge in [0.25, 0.3) is 0 Å². The third-order valence-electron chi connectivity index (χ3n) is 1.29. The molecule has 0 aromatic carbocycles. The highest BCUT2D eigenvalue weighted by atomic mass is 32.1. The number of hydrogen-bond donors (Lipinski definition) is 2. The molecule has 1 N–H and O–H groups in total. The number of thiol groups is 1. The van der Waals surface area contributed by atoms with Gasteiger partial charge in [-0.15, -0.1) is 0 Å². The summed E-state index contributed by atoms with van der Waals surface area (Å²) >= 11 is 4.04. The van der Waals surface area contributed by atoms with Crippen molar-refractivity contribution in [2.75, 3.05) is 39.2 Å². The zero-order chi connectivity index (χ0) is 9.94. The summed E-state index contributed by atoms with van der Waals surface area (Å²) in [6.07, 6.45) is 0.940. The molecule has 78 valence electrons. The molecule has 0 unspecified atom stereocenters. The number of nitrogens with one attached hydrogen (secondary N) is 1. The number of ether oxygens (including phenoxy) is 2. The Kier molecular flexibility index (Phi) is 9.63. The first-order valence-electron chi connectivity index (χ1n) is 4.25. The normalized spacial score (nSPS) is 10.0. The molecule has 0 aliphatic carbocycles. The average molecular weight is 207 g/mol. The molecule has 0 radical (unpaired) electrons. The van der Waals surface area contributed by atoms with Crippen molar-refractivity contribution in [3.8, 4) is 0 Å². The predicted molar refractivity (Wildman–Crippen MR) is 54.2 cm³/mol. The Bertz CT molecular complexity index is 133. The van der Waals surface area contributed by atoms with Crippen LogP contribution < -0.4 is 5.32 Å². The topological polar surface area (TPSA) is 47.6 Å². The van der Waals surface area contributed by atoms with Crippen LogP contribution in [0.5, 0.6) is 0 Å². The lowest BCUT2D eigenvalue weighted by Crippen LogP contribution is -2.30. The summed E-state index contributed by atoms with van der Waals surface area (Å²) in [6.45, 7) is 1.89. The van der Waals surface area contributed by atoms with Crippen LogP contribution in [0.3, 0.4) is 0 Å². The van der Waals surface area contributed by atoms with Gasteiger partial charge in [0.05, 0.1) is 6.61 Å². The summed E-state index contributed by atoms with van der Waals surface area (Å²) in [5.74, 6) is 0.719. The minimum absolute atomic E-state index is 0.108. The summed E-state index contributed by atoms with van der Waals surface area (Å²) in [6, 6.07) is 0. The van der Waals surface area contributed by atoms with Crippen LogP contribution in [0.1, 0.15) is 6.42 Å². The minimum atomic E-state index is -0.111. The number of rotatable bonds is 8. The summed E-state index contributed by atoms with van der Waals surface area (Å²) in [5, 5.41) is 2.65. The highest BCUT2D eigenvalue weighted by Crippen LogP contribution is 1.84. The Hall–Kier alpha value is -0.260. The molecule has 0 aromatic rings. The third kappa shape index (κ3) is 9.66. The minimum Gasteiger partial charge on any atom is -0.380 e. The van der Waals surface area contributed by atoms with Crippen LogP contribution in [0.15, 0.2) is 0 Å². The highest BCUT2D eigenvalue weighted by Gasteiger charge is 1.97. The van der Waals surface area contributed by atoms with Gasteiger partial charge in [0.15, 0.2) is 0 Å². The fourth-order valence-corrected chi connectivity index (χ4v) is 0.843. The number of hydrogen-bond acceptors (Lipinski definition) is 4. The van der Waals surface area contributed by atoms with Gasteiger partial charge >= 0.3 is 0 Å². The van der Waals surface area contributed by atoms with Crippen molar-refractivity contribution in [2.24, 2.45) is 0 Å². The maximum atomic E-state index is 10.8. The van der Waals surface area contributed by atoms with E-state index in [4.69, 9.17) is 4.74 Å². The van der Waals surface area contributed by atoms with Crippen LogP contribution in [0, 0.1) is 0 Å². The number of methoxy groups -OCH3 is 1. The second-order valence-electron chi connectivity index (χ2n) is 2.47. The maximum Gasteiger partial charge on any atom is 0.246 e. The maximum absolute atomic E-state index is 10.8. The lowest BCUT2D eigenvalue weighted by atomic mass is 10.5. The molecule has 4 nitrogen and oxygen atoms in total. The number of carbonyl (C=O) groups excluding carboxylic acids is 1. The lowest BCUT2D eigenvalue weighted by molar-refractivity contribution is -0.124. The molecule has 5 heteroatoms. The molecular weight excluding hydrogens is 190 g/mol. The van der Waals surface area contributed by atoms with Crippen molar-refractivity contribution in [1.29, 1.82) is 0 Å². The zero-order valence-corrected chi connectivity index (χ0v) is 8.81. The van der Waals surface area contributed by atoms with Gasteiger partial charge in [0, 0.05) is 20.3 Å². The Morgan fingerprint density at radius 3 is 2.85 bits per heavy atom. The molecule has 0 saturated heterocycles. The fraction of sp³-hybridized carbons (Fsp3) is 0.875. The molecule has 0 spiro atoms. The van der Waals surface area contributed by atoms with Crippen molar-refractivity contribution in [2.45, 2.75) is 6.42 Å².